The molecule has 0 aliphatic carbocycles. The summed E-state index contributed by atoms with van der Waals surface area (Å²) in [6, 6.07) is 22.6. The molecule has 1 aromatic heterocycles. The average molecular weight is 502 g/mol. The molecule has 182 valence electrons. The van der Waals surface area contributed by atoms with E-state index < -0.39 is 21.9 Å². The monoisotopic (exact) mass is 501 g/mol. The van der Waals surface area contributed by atoms with Crippen LogP contribution in [0.1, 0.15) is 34.1 Å². The highest BCUT2D eigenvalue weighted by Crippen LogP contribution is 2.47. The molecule has 2 unspecified atom stereocenters. The number of nitrogens with zero attached hydrogens (tertiary/aromatic N) is 2. The second kappa shape index (κ2) is 8.53. The predicted molar refractivity (Wildman–Crippen MR) is 134 cm³/mol. The van der Waals surface area contributed by atoms with Gasteiger partial charge in [-0.2, -0.15) is 5.10 Å². The second-order valence-electron chi connectivity index (χ2n) is 9.04. The SMILES string of the molecule is O=C1c2[nH]nc(-c3ccccc3O)c2C(c2cccc(Oc3ccccc3)c2)N1C1CCS(=O)(=O)C1. The van der Waals surface area contributed by atoms with Crippen molar-refractivity contribution >= 4 is 15.7 Å². The van der Waals surface area contributed by atoms with Crippen molar-refractivity contribution in [1.29, 1.82) is 0 Å². The van der Waals surface area contributed by atoms with Crippen molar-refractivity contribution in [2.24, 2.45) is 0 Å². The fourth-order valence-corrected chi connectivity index (χ4v) is 6.83. The highest BCUT2D eigenvalue weighted by Gasteiger charge is 2.48. The largest absolute Gasteiger partial charge is 0.507 e. The molecule has 1 fully saturated rings. The van der Waals surface area contributed by atoms with Gasteiger partial charge in [-0.05, 0) is 48.4 Å². The Kier molecular flexibility index (Phi) is 5.30. The molecule has 1 saturated heterocycles. The number of aromatic amines is 1. The average Bonchev–Trinajstić information content (AvgIpc) is 3.53. The molecule has 0 spiro atoms. The van der Waals surface area contributed by atoms with E-state index >= 15 is 0 Å². The highest BCUT2D eigenvalue weighted by molar-refractivity contribution is 7.91. The van der Waals surface area contributed by atoms with E-state index in [1.807, 2.05) is 54.6 Å². The summed E-state index contributed by atoms with van der Waals surface area (Å²) in [5, 5.41) is 17.8. The first-order chi connectivity index (χ1) is 17.4. The van der Waals surface area contributed by atoms with Crippen LogP contribution in [0.25, 0.3) is 11.3 Å². The van der Waals surface area contributed by atoms with Crippen molar-refractivity contribution in [3.8, 4) is 28.5 Å². The molecule has 2 atom stereocenters. The molecule has 2 aliphatic heterocycles. The third kappa shape index (κ3) is 3.81. The topological polar surface area (TPSA) is 113 Å². The van der Waals surface area contributed by atoms with E-state index in [0.29, 0.717) is 40.4 Å². The number of ether oxygens (including phenoxy) is 1. The van der Waals surface area contributed by atoms with E-state index in [9.17, 15) is 18.3 Å². The number of nitrogens with one attached hydrogen (secondary N) is 1. The molecule has 1 amide bonds. The Hall–Kier alpha value is -4.11. The number of hydrogen-bond acceptors (Lipinski definition) is 6. The Labute approximate surface area is 208 Å². The number of fused-ring (bicyclic) bond motifs is 1. The molecule has 3 aromatic carbocycles. The van der Waals surface area contributed by atoms with Gasteiger partial charge in [0.25, 0.3) is 5.91 Å². The third-order valence-electron chi connectivity index (χ3n) is 6.72. The van der Waals surface area contributed by atoms with Crippen LogP contribution in [0.15, 0.2) is 78.9 Å². The normalized spacial score (nSPS) is 20.4. The summed E-state index contributed by atoms with van der Waals surface area (Å²) in [4.78, 5) is 15.3. The summed E-state index contributed by atoms with van der Waals surface area (Å²) in [5.74, 6) is 0.964. The van der Waals surface area contributed by atoms with Crippen molar-refractivity contribution in [2.45, 2.75) is 18.5 Å². The van der Waals surface area contributed by atoms with Gasteiger partial charge < -0.3 is 14.7 Å². The number of para-hydroxylation sites is 2. The molecule has 2 aliphatic rings. The van der Waals surface area contributed by atoms with Gasteiger partial charge in [0.15, 0.2) is 9.84 Å². The van der Waals surface area contributed by atoms with Crippen molar-refractivity contribution in [3.63, 3.8) is 0 Å². The summed E-state index contributed by atoms with van der Waals surface area (Å²) in [6.45, 7) is 0. The molecule has 2 N–H and O–H groups in total. The maximum atomic E-state index is 13.7. The van der Waals surface area contributed by atoms with Gasteiger partial charge in [0.05, 0.1) is 17.5 Å². The first-order valence-corrected chi connectivity index (χ1v) is 13.5. The first kappa shape index (κ1) is 22.4. The molecule has 0 radical (unpaired) electrons. The lowest BCUT2D eigenvalue weighted by atomic mass is 9.95. The zero-order valence-corrected chi connectivity index (χ0v) is 20.0. The lowest BCUT2D eigenvalue weighted by molar-refractivity contribution is 0.0677. The van der Waals surface area contributed by atoms with Crippen LogP contribution in [-0.4, -0.2) is 52.1 Å². The van der Waals surface area contributed by atoms with Crippen molar-refractivity contribution in [1.82, 2.24) is 15.1 Å². The fraction of sp³-hybridized carbons (Fsp3) is 0.185. The number of aromatic hydroxyl groups is 1. The maximum absolute atomic E-state index is 13.7. The van der Waals surface area contributed by atoms with Crippen molar-refractivity contribution in [3.05, 3.63) is 95.7 Å². The van der Waals surface area contributed by atoms with Gasteiger partial charge in [-0.25, -0.2) is 8.42 Å². The van der Waals surface area contributed by atoms with Gasteiger partial charge in [-0.1, -0.05) is 42.5 Å². The predicted octanol–water partition coefficient (Wildman–Crippen LogP) is 4.31. The Morgan fingerprint density at radius 3 is 2.47 bits per heavy atom. The number of rotatable bonds is 5. The quantitative estimate of drug-likeness (QED) is 0.422. The lowest BCUT2D eigenvalue weighted by Crippen LogP contribution is -2.40. The Morgan fingerprint density at radius 1 is 0.972 bits per heavy atom. The molecule has 8 nitrogen and oxygen atoms in total. The number of hydrogen-bond donors (Lipinski definition) is 2. The Bertz CT molecular complexity index is 1570. The van der Waals surface area contributed by atoms with Crippen LogP contribution in [0, 0.1) is 0 Å². The minimum Gasteiger partial charge on any atom is -0.507 e. The number of amides is 1. The summed E-state index contributed by atoms with van der Waals surface area (Å²) in [6.07, 6.45) is 0.369. The van der Waals surface area contributed by atoms with Gasteiger partial charge in [-0.15, -0.1) is 0 Å². The summed E-state index contributed by atoms with van der Waals surface area (Å²) < 4.78 is 30.7. The van der Waals surface area contributed by atoms with Crippen LogP contribution in [0.3, 0.4) is 0 Å². The van der Waals surface area contributed by atoms with Gasteiger partial charge >= 0.3 is 0 Å². The van der Waals surface area contributed by atoms with E-state index in [0.717, 1.165) is 5.56 Å². The Balaban J connectivity index is 1.48. The third-order valence-corrected chi connectivity index (χ3v) is 8.47. The summed E-state index contributed by atoms with van der Waals surface area (Å²) >= 11 is 0. The zero-order valence-electron chi connectivity index (χ0n) is 19.2. The van der Waals surface area contributed by atoms with E-state index in [1.165, 1.54) is 0 Å². The Morgan fingerprint density at radius 2 is 1.72 bits per heavy atom. The first-order valence-electron chi connectivity index (χ1n) is 11.6. The van der Waals surface area contributed by atoms with Gasteiger partial charge in [0.2, 0.25) is 0 Å². The molecule has 0 saturated carbocycles. The molecule has 0 bridgehead atoms. The zero-order chi connectivity index (χ0) is 24.9. The molecule has 3 heterocycles. The van der Waals surface area contributed by atoms with E-state index in [-0.39, 0.29) is 23.2 Å². The highest BCUT2D eigenvalue weighted by atomic mass is 32.2. The molecule has 6 rings (SSSR count). The van der Waals surface area contributed by atoms with Crippen LogP contribution in [0.5, 0.6) is 17.2 Å². The van der Waals surface area contributed by atoms with Gasteiger partial charge in [0.1, 0.15) is 28.6 Å². The minimum atomic E-state index is -3.23. The van der Waals surface area contributed by atoms with Crippen molar-refractivity contribution in [2.75, 3.05) is 11.5 Å². The number of benzene rings is 3. The molecular weight excluding hydrogens is 478 g/mol. The van der Waals surface area contributed by atoms with Crippen LogP contribution in [0.2, 0.25) is 0 Å². The summed E-state index contributed by atoms with van der Waals surface area (Å²) in [5.41, 5.74) is 2.63. The van der Waals surface area contributed by atoms with Gasteiger partial charge in [0, 0.05) is 17.2 Å². The van der Waals surface area contributed by atoms with Crippen LogP contribution in [0.4, 0.5) is 0 Å². The number of phenolic OH excluding ortho intramolecular Hbond substituents is 1. The van der Waals surface area contributed by atoms with E-state index in [1.54, 1.807) is 29.2 Å². The number of carbonyl (C=O) groups is 1. The molecule has 4 aromatic rings. The van der Waals surface area contributed by atoms with Crippen LogP contribution >= 0.6 is 0 Å². The lowest BCUT2D eigenvalue weighted by Gasteiger charge is -2.31. The number of H-pyrrole nitrogens is 1. The number of sulfone groups is 1. The molecule has 36 heavy (non-hydrogen) atoms. The smallest absolute Gasteiger partial charge is 0.273 e. The number of phenols is 1. The van der Waals surface area contributed by atoms with Crippen LogP contribution < -0.4 is 4.74 Å². The van der Waals surface area contributed by atoms with E-state index in [4.69, 9.17) is 4.74 Å². The maximum Gasteiger partial charge on any atom is 0.273 e. The number of aromatic nitrogens is 2. The van der Waals surface area contributed by atoms with Crippen LogP contribution in [-0.2, 0) is 9.84 Å². The molecular formula is C27H23N3O5S. The van der Waals surface area contributed by atoms with Gasteiger partial charge in [-0.3, -0.25) is 9.89 Å². The minimum absolute atomic E-state index is 0.0426. The summed E-state index contributed by atoms with van der Waals surface area (Å²) in [7, 11) is -3.23. The van der Waals surface area contributed by atoms with Crippen molar-refractivity contribution < 1.29 is 23.1 Å². The van der Waals surface area contributed by atoms with E-state index in [2.05, 4.69) is 10.2 Å². The standard InChI is InChI=1S/C27H23N3O5S/c31-22-12-5-4-11-21(22)24-23-25(29-28-24)27(32)30(18-13-14-36(33,34)16-18)26(23)17-7-6-10-20(15-17)35-19-8-2-1-3-9-19/h1-12,15,18,26,31H,13-14,16H2,(H,28,29). The molecule has 9 heteroatoms. The second-order valence-corrected chi connectivity index (χ2v) is 11.3. The fourth-order valence-electron chi connectivity index (χ4n) is 5.12. The number of carbonyl (C=O) groups excluding carboxylic acids is 1.